The molecule has 3 heterocycles. The van der Waals surface area contributed by atoms with Crippen molar-refractivity contribution in [3.8, 4) is 0 Å². The highest BCUT2D eigenvalue weighted by Gasteiger charge is 2.55. The van der Waals surface area contributed by atoms with E-state index >= 15 is 0 Å². The molecule has 380 valence electrons. The zero-order valence-electron chi connectivity index (χ0n) is 39.3. The van der Waals surface area contributed by atoms with E-state index in [1.165, 1.54) is 0 Å². The number of carbonyl (C=O) groups is 2. The number of amides is 2. The average molecular weight is 969 g/mol. The molecule has 69 heavy (non-hydrogen) atoms. The minimum atomic E-state index is -1.64. The predicted molar refractivity (Wildman–Crippen MR) is 243 cm³/mol. The van der Waals surface area contributed by atoms with Gasteiger partial charge in [-0.3, -0.25) is 0 Å². The number of aliphatic hydroxyl groups excluding tert-OH is 6. The Bertz CT molecular complexity index is 2030. The molecule has 7 rings (SSSR count). The van der Waals surface area contributed by atoms with Gasteiger partial charge in [0.15, 0.2) is 18.9 Å². The SMILES string of the molecule is CCC1OC(OC2C(CC)OC(OC3C(O)C(C)CC(C)C3OC3OC(COCc4ccccc4)C(O)C(O)C3NC(=O)OCc3ccccc3)C2O)C(NC(=O)OCc2ccccc2)C(O)C1O. The van der Waals surface area contributed by atoms with E-state index in [0.29, 0.717) is 18.4 Å². The molecule has 8 N–H and O–H groups in total. The Morgan fingerprint density at radius 1 is 0.507 bits per heavy atom. The maximum Gasteiger partial charge on any atom is 0.407 e. The summed E-state index contributed by atoms with van der Waals surface area (Å²) in [6.45, 7) is 7.13. The van der Waals surface area contributed by atoms with Crippen molar-refractivity contribution < 1.29 is 82.9 Å². The van der Waals surface area contributed by atoms with Gasteiger partial charge < -0.3 is 83.9 Å². The van der Waals surface area contributed by atoms with Crippen LogP contribution < -0.4 is 10.6 Å². The second-order valence-corrected chi connectivity index (χ2v) is 18.3. The average Bonchev–Trinajstić information content (AvgIpc) is 3.65. The first kappa shape index (κ1) is 52.5. The normalized spacial score (nSPS) is 36.9. The number of hydrogen-bond acceptors (Lipinski definition) is 17. The lowest BCUT2D eigenvalue weighted by Crippen LogP contribution is -2.66. The molecule has 1 aliphatic carbocycles. The van der Waals surface area contributed by atoms with Gasteiger partial charge in [0.1, 0.15) is 74.1 Å². The van der Waals surface area contributed by atoms with Crippen molar-refractivity contribution in [2.24, 2.45) is 11.8 Å². The molecule has 0 bridgehead atoms. The van der Waals surface area contributed by atoms with Gasteiger partial charge in [-0.1, -0.05) is 119 Å². The van der Waals surface area contributed by atoms with Gasteiger partial charge in [-0.25, -0.2) is 9.59 Å². The molecule has 19 heteroatoms. The molecule has 1 saturated carbocycles. The number of rotatable bonds is 18. The summed E-state index contributed by atoms with van der Waals surface area (Å²) in [6, 6.07) is 24.6. The van der Waals surface area contributed by atoms with Gasteiger partial charge in [0.25, 0.3) is 0 Å². The Morgan fingerprint density at radius 3 is 1.45 bits per heavy atom. The largest absolute Gasteiger partial charge is 0.445 e. The highest BCUT2D eigenvalue weighted by Crippen LogP contribution is 2.39. The van der Waals surface area contributed by atoms with Crippen LogP contribution in [0.2, 0.25) is 0 Å². The third-order valence-corrected chi connectivity index (χ3v) is 13.3. The smallest absolute Gasteiger partial charge is 0.407 e. The highest BCUT2D eigenvalue weighted by molar-refractivity contribution is 5.68. The molecule has 19 unspecified atom stereocenters. The molecule has 3 saturated heterocycles. The van der Waals surface area contributed by atoms with Crippen LogP contribution in [-0.2, 0) is 62.5 Å². The first-order chi connectivity index (χ1) is 33.3. The van der Waals surface area contributed by atoms with Gasteiger partial charge in [-0.05, 0) is 47.8 Å². The molecule has 0 spiro atoms. The van der Waals surface area contributed by atoms with Crippen molar-refractivity contribution in [1.82, 2.24) is 10.6 Å². The Labute approximate surface area is 401 Å². The van der Waals surface area contributed by atoms with Crippen molar-refractivity contribution in [3.05, 3.63) is 108 Å². The fourth-order valence-corrected chi connectivity index (χ4v) is 9.40. The monoisotopic (exact) mass is 968 g/mol. The number of nitrogens with one attached hydrogen (secondary N) is 2. The molecule has 4 fully saturated rings. The van der Waals surface area contributed by atoms with Gasteiger partial charge in [-0.2, -0.15) is 0 Å². The molecule has 3 aromatic carbocycles. The van der Waals surface area contributed by atoms with E-state index in [1.54, 1.807) is 62.4 Å². The van der Waals surface area contributed by atoms with Crippen molar-refractivity contribution in [2.75, 3.05) is 6.61 Å². The Kier molecular flexibility index (Phi) is 18.8. The minimum Gasteiger partial charge on any atom is -0.445 e. The lowest BCUT2D eigenvalue weighted by Gasteiger charge is -2.48. The van der Waals surface area contributed by atoms with E-state index in [9.17, 15) is 40.2 Å². The third kappa shape index (κ3) is 13.2. The Morgan fingerprint density at radius 2 is 0.942 bits per heavy atom. The molecule has 0 radical (unpaired) electrons. The molecule has 2 amide bonds. The number of carbonyl (C=O) groups excluding carboxylic acids is 2. The van der Waals surface area contributed by atoms with Crippen LogP contribution in [0.4, 0.5) is 9.59 Å². The van der Waals surface area contributed by atoms with Crippen LogP contribution in [0.5, 0.6) is 0 Å². The summed E-state index contributed by atoms with van der Waals surface area (Å²) >= 11 is 0. The molecule has 4 aliphatic rings. The molecule has 19 nitrogen and oxygen atoms in total. The molecular formula is C50H68N2O17. The maximum absolute atomic E-state index is 13.3. The van der Waals surface area contributed by atoms with E-state index in [1.807, 2.05) is 56.3 Å². The highest BCUT2D eigenvalue weighted by atomic mass is 16.8. The summed E-state index contributed by atoms with van der Waals surface area (Å²) in [5.74, 6) is -0.684. The van der Waals surface area contributed by atoms with E-state index in [-0.39, 0.29) is 44.7 Å². The van der Waals surface area contributed by atoms with Crippen LogP contribution in [0, 0.1) is 11.8 Å². The first-order valence-corrected chi connectivity index (χ1v) is 23.8. The van der Waals surface area contributed by atoms with Crippen LogP contribution in [0.15, 0.2) is 91.0 Å². The Hall–Kier alpha value is -4.32. The van der Waals surface area contributed by atoms with Gasteiger partial charge in [0.05, 0.1) is 37.6 Å². The summed E-state index contributed by atoms with van der Waals surface area (Å²) in [5.41, 5.74) is 2.31. The fraction of sp³-hybridized carbons (Fsp3) is 0.600. The molecule has 19 atom stereocenters. The molecular weight excluding hydrogens is 901 g/mol. The summed E-state index contributed by atoms with van der Waals surface area (Å²) in [7, 11) is 0. The summed E-state index contributed by atoms with van der Waals surface area (Å²) < 4.78 is 55.0. The van der Waals surface area contributed by atoms with Gasteiger partial charge in [0, 0.05) is 0 Å². The van der Waals surface area contributed by atoms with Gasteiger partial charge in [-0.15, -0.1) is 0 Å². The summed E-state index contributed by atoms with van der Waals surface area (Å²) in [5, 5.41) is 74.1. The molecule has 3 aromatic rings. The topological polar surface area (TPSA) is 263 Å². The Balaban J connectivity index is 1.08. The van der Waals surface area contributed by atoms with Gasteiger partial charge >= 0.3 is 12.2 Å². The van der Waals surface area contributed by atoms with E-state index in [2.05, 4.69) is 10.6 Å². The van der Waals surface area contributed by atoms with E-state index < -0.39 is 116 Å². The number of ether oxygens (including phenoxy) is 9. The number of aliphatic hydroxyl groups is 6. The van der Waals surface area contributed by atoms with Crippen LogP contribution in [0.1, 0.15) is 63.6 Å². The lowest BCUT2D eigenvalue weighted by atomic mass is 9.77. The third-order valence-electron chi connectivity index (χ3n) is 13.3. The second kappa shape index (κ2) is 24.7. The summed E-state index contributed by atoms with van der Waals surface area (Å²) in [4.78, 5) is 26.3. The van der Waals surface area contributed by atoms with Crippen LogP contribution in [0.25, 0.3) is 0 Å². The minimum absolute atomic E-state index is 0.0688. The quantitative estimate of drug-likeness (QED) is 0.0912. The maximum atomic E-state index is 13.3. The van der Waals surface area contributed by atoms with Crippen molar-refractivity contribution >= 4 is 12.2 Å². The summed E-state index contributed by atoms with van der Waals surface area (Å²) in [6.07, 6.45) is -20.2. The lowest BCUT2D eigenvalue weighted by molar-refractivity contribution is -0.320. The molecule has 3 aliphatic heterocycles. The second-order valence-electron chi connectivity index (χ2n) is 18.3. The van der Waals surface area contributed by atoms with Crippen molar-refractivity contribution in [3.63, 3.8) is 0 Å². The number of hydrogen-bond donors (Lipinski definition) is 8. The van der Waals surface area contributed by atoms with E-state index in [4.69, 9.17) is 42.6 Å². The number of benzene rings is 3. The van der Waals surface area contributed by atoms with Crippen LogP contribution in [0.3, 0.4) is 0 Å². The van der Waals surface area contributed by atoms with Crippen LogP contribution >= 0.6 is 0 Å². The number of alkyl carbamates (subject to hydrolysis) is 2. The van der Waals surface area contributed by atoms with Gasteiger partial charge in [0.2, 0.25) is 0 Å². The predicted octanol–water partition coefficient (Wildman–Crippen LogP) is 2.78. The standard InChI is InChI=1S/C50H68N2O17/c1-5-32-38(54)40(56)35(51-49(59)62-24-30-18-12-8-13-19-30)46(64-32)68-44-33(6-2)65-48(42(44)58)69-45-37(53)27(3)22-28(4)43(45)67-47-36(52-50(60)63-25-31-20-14-9-15-21-31)41(57)39(55)34(66-47)26-61-23-29-16-10-7-11-17-29/h7-21,27-28,32-48,53-58H,5-6,22-26H2,1-4H3,(H,51,59)(H,52,60). The van der Waals surface area contributed by atoms with E-state index in [0.717, 1.165) is 11.1 Å². The first-order valence-electron chi connectivity index (χ1n) is 23.8. The van der Waals surface area contributed by atoms with Crippen molar-refractivity contribution in [2.45, 2.75) is 171 Å². The zero-order chi connectivity index (χ0) is 49.2. The van der Waals surface area contributed by atoms with Crippen LogP contribution in [-0.4, -0.2) is 154 Å². The molecule has 0 aromatic heterocycles. The zero-order valence-corrected chi connectivity index (χ0v) is 39.3. The van der Waals surface area contributed by atoms with Crippen molar-refractivity contribution in [1.29, 1.82) is 0 Å². The fourth-order valence-electron chi connectivity index (χ4n) is 9.40.